The topological polar surface area (TPSA) is 58.4 Å². The predicted molar refractivity (Wildman–Crippen MR) is 84.8 cm³/mol. The molecule has 0 aromatic carbocycles. The third-order valence-electron chi connectivity index (χ3n) is 6.27. The van der Waals surface area contributed by atoms with Gasteiger partial charge in [-0.05, 0) is 50.0 Å². The highest BCUT2D eigenvalue weighted by atomic mass is 16.1. The zero-order valence-corrected chi connectivity index (χ0v) is 13.4. The van der Waals surface area contributed by atoms with Crippen molar-refractivity contribution in [2.24, 2.45) is 23.5 Å². The third kappa shape index (κ3) is 3.26. The molecule has 0 aromatic rings. The second kappa shape index (κ2) is 6.66. The lowest BCUT2D eigenvalue weighted by atomic mass is 9.75. The van der Waals surface area contributed by atoms with Gasteiger partial charge in [-0.25, -0.2) is 0 Å². The van der Waals surface area contributed by atoms with Gasteiger partial charge < -0.3 is 11.1 Å². The van der Waals surface area contributed by atoms with Gasteiger partial charge in [0.05, 0.1) is 0 Å². The molecular formula is C17H31N3O. The lowest BCUT2D eigenvalue weighted by Crippen LogP contribution is -2.58. The largest absolute Gasteiger partial charge is 0.353 e. The average molecular weight is 293 g/mol. The molecule has 2 heterocycles. The molecule has 5 unspecified atom stereocenters. The van der Waals surface area contributed by atoms with Crippen LogP contribution in [-0.2, 0) is 4.79 Å². The van der Waals surface area contributed by atoms with E-state index in [0.717, 1.165) is 38.3 Å². The Hall–Kier alpha value is -0.610. The van der Waals surface area contributed by atoms with Gasteiger partial charge in [0, 0.05) is 31.6 Å². The van der Waals surface area contributed by atoms with Crippen LogP contribution in [0.5, 0.6) is 0 Å². The quantitative estimate of drug-likeness (QED) is 0.833. The molecule has 3 fully saturated rings. The van der Waals surface area contributed by atoms with E-state index in [1.165, 1.54) is 32.2 Å². The van der Waals surface area contributed by atoms with E-state index in [0.29, 0.717) is 23.9 Å². The molecule has 120 valence electrons. The van der Waals surface area contributed by atoms with Gasteiger partial charge >= 0.3 is 0 Å². The molecule has 1 aliphatic carbocycles. The van der Waals surface area contributed by atoms with Gasteiger partial charge in [0.15, 0.2) is 0 Å². The van der Waals surface area contributed by atoms with Crippen molar-refractivity contribution in [3.63, 3.8) is 0 Å². The van der Waals surface area contributed by atoms with E-state index in [-0.39, 0.29) is 5.91 Å². The Labute approximate surface area is 128 Å². The molecule has 4 heteroatoms. The van der Waals surface area contributed by atoms with Crippen LogP contribution < -0.4 is 11.1 Å². The fourth-order valence-electron chi connectivity index (χ4n) is 4.83. The highest BCUT2D eigenvalue weighted by molar-refractivity contribution is 5.77. The fourth-order valence-corrected chi connectivity index (χ4v) is 4.83. The number of nitrogens with zero attached hydrogens (tertiary/aromatic N) is 1. The smallest absolute Gasteiger partial charge is 0.220 e. The van der Waals surface area contributed by atoms with Gasteiger partial charge in [0.1, 0.15) is 0 Å². The fraction of sp³-hybridized carbons (Fsp3) is 0.941. The summed E-state index contributed by atoms with van der Waals surface area (Å²) in [6, 6.07) is 1.12. The Morgan fingerprint density at radius 1 is 1.29 bits per heavy atom. The highest BCUT2D eigenvalue weighted by Crippen LogP contribution is 2.36. The Morgan fingerprint density at radius 2 is 2.14 bits per heavy atom. The zero-order valence-electron chi connectivity index (χ0n) is 13.4. The SMILES string of the molecule is CCC1CCC(CN)C(N2CCC3NC(=O)CCC3C2)C1. The Kier molecular flexibility index (Phi) is 4.85. The first-order chi connectivity index (χ1) is 10.2. The Bertz CT molecular complexity index is 373. The van der Waals surface area contributed by atoms with E-state index in [2.05, 4.69) is 17.1 Å². The van der Waals surface area contributed by atoms with Gasteiger partial charge in [0.2, 0.25) is 5.91 Å². The lowest BCUT2D eigenvalue weighted by Gasteiger charge is -2.48. The van der Waals surface area contributed by atoms with E-state index in [9.17, 15) is 4.79 Å². The minimum absolute atomic E-state index is 0.258. The van der Waals surface area contributed by atoms with Crippen molar-refractivity contribution < 1.29 is 4.79 Å². The number of piperidine rings is 2. The van der Waals surface area contributed by atoms with Crippen LogP contribution in [-0.4, -0.2) is 42.5 Å². The van der Waals surface area contributed by atoms with Crippen molar-refractivity contribution in [2.45, 2.75) is 64.0 Å². The summed E-state index contributed by atoms with van der Waals surface area (Å²) in [6.45, 7) is 5.47. The summed E-state index contributed by atoms with van der Waals surface area (Å²) in [5.41, 5.74) is 6.05. The van der Waals surface area contributed by atoms with Gasteiger partial charge in [-0.3, -0.25) is 9.69 Å². The van der Waals surface area contributed by atoms with Gasteiger partial charge in [-0.2, -0.15) is 0 Å². The number of rotatable bonds is 3. The first-order valence-corrected chi connectivity index (χ1v) is 8.94. The Balaban J connectivity index is 1.64. The molecule has 3 aliphatic rings. The highest BCUT2D eigenvalue weighted by Gasteiger charge is 2.39. The summed E-state index contributed by atoms with van der Waals surface area (Å²) in [7, 11) is 0. The number of likely N-dealkylation sites (tertiary alicyclic amines) is 1. The van der Waals surface area contributed by atoms with Gasteiger partial charge in [0.25, 0.3) is 0 Å². The predicted octanol–water partition coefficient (Wildman–Crippen LogP) is 1.74. The summed E-state index contributed by atoms with van der Waals surface area (Å²) < 4.78 is 0. The lowest BCUT2D eigenvalue weighted by molar-refractivity contribution is -0.125. The molecule has 1 saturated carbocycles. The summed E-state index contributed by atoms with van der Waals surface area (Å²) in [5.74, 6) is 2.49. The van der Waals surface area contributed by atoms with Crippen LogP contribution in [0.4, 0.5) is 0 Å². The maximum Gasteiger partial charge on any atom is 0.220 e. The molecular weight excluding hydrogens is 262 g/mol. The van der Waals surface area contributed by atoms with E-state index in [1.54, 1.807) is 0 Å². The molecule has 1 amide bonds. The maximum absolute atomic E-state index is 11.5. The molecule has 5 atom stereocenters. The molecule has 0 spiro atoms. The van der Waals surface area contributed by atoms with Crippen molar-refractivity contribution in [1.82, 2.24) is 10.2 Å². The number of carbonyl (C=O) groups is 1. The second-order valence-electron chi connectivity index (χ2n) is 7.41. The summed E-state index contributed by atoms with van der Waals surface area (Å²) in [4.78, 5) is 14.3. The monoisotopic (exact) mass is 293 g/mol. The van der Waals surface area contributed by atoms with Crippen molar-refractivity contribution in [2.75, 3.05) is 19.6 Å². The molecule has 2 aliphatic heterocycles. The minimum Gasteiger partial charge on any atom is -0.353 e. The first kappa shape index (κ1) is 15.3. The van der Waals surface area contributed by atoms with Crippen LogP contribution in [0.1, 0.15) is 51.9 Å². The summed E-state index contributed by atoms with van der Waals surface area (Å²) in [6.07, 6.45) is 8.24. The summed E-state index contributed by atoms with van der Waals surface area (Å²) >= 11 is 0. The minimum atomic E-state index is 0.258. The van der Waals surface area contributed by atoms with E-state index in [4.69, 9.17) is 5.73 Å². The molecule has 3 N–H and O–H groups in total. The van der Waals surface area contributed by atoms with Gasteiger partial charge in [-0.15, -0.1) is 0 Å². The first-order valence-electron chi connectivity index (χ1n) is 8.94. The molecule has 3 rings (SSSR count). The number of fused-ring (bicyclic) bond motifs is 1. The molecule has 2 saturated heterocycles. The molecule has 21 heavy (non-hydrogen) atoms. The Morgan fingerprint density at radius 3 is 2.90 bits per heavy atom. The van der Waals surface area contributed by atoms with E-state index in [1.807, 2.05) is 0 Å². The molecule has 0 radical (unpaired) electrons. The van der Waals surface area contributed by atoms with Crippen molar-refractivity contribution in [3.8, 4) is 0 Å². The third-order valence-corrected chi connectivity index (χ3v) is 6.27. The molecule has 0 aromatic heterocycles. The van der Waals surface area contributed by atoms with Crippen LogP contribution in [0, 0.1) is 17.8 Å². The van der Waals surface area contributed by atoms with Crippen LogP contribution >= 0.6 is 0 Å². The number of hydrogen-bond donors (Lipinski definition) is 2. The van der Waals surface area contributed by atoms with Crippen LogP contribution in [0.15, 0.2) is 0 Å². The zero-order chi connectivity index (χ0) is 14.8. The second-order valence-corrected chi connectivity index (χ2v) is 7.41. The normalized spacial score (nSPS) is 41.4. The molecule has 0 bridgehead atoms. The van der Waals surface area contributed by atoms with Crippen LogP contribution in [0.3, 0.4) is 0 Å². The molecule has 4 nitrogen and oxygen atoms in total. The van der Waals surface area contributed by atoms with Gasteiger partial charge in [-0.1, -0.05) is 19.8 Å². The number of nitrogens with one attached hydrogen (secondary N) is 1. The maximum atomic E-state index is 11.5. The average Bonchev–Trinajstić information content (AvgIpc) is 2.53. The number of nitrogens with two attached hydrogens (primary N) is 1. The van der Waals surface area contributed by atoms with Crippen LogP contribution in [0.25, 0.3) is 0 Å². The van der Waals surface area contributed by atoms with Crippen molar-refractivity contribution >= 4 is 5.91 Å². The summed E-state index contributed by atoms with van der Waals surface area (Å²) in [5, 5.41) is 3.20. The number of hydrogen-bond acceptors (Lipinski definition) is 3. The standard InChI is InChI=1S/C17H31N3O/c1-2-12-3-4-13(10-18)16(9-12)20-8-7-15-14(11-20)5-6-17(21)19-15/h12-16H,2-11,18H2,1H3,(H,19,21). The van der Waals surface area contributed by atoms with Crippen molar-refractivity contribution in [1.29, 1.82) is 0 Å². The van der Waals surface area contributed by atoms with Crippen LogP contribution in [0.2, 0.25) is 0 Å². The van der Waals surface area contributed by atoms with Crippen molar-refractivity contribution in [3.05, 3.63) is 0 Å². The van der Waals surface area contributed by atoms with E-state index < -0.39 is 0 Å². The number of amides is 1. The van der Waals surface area contributed by atoms with E-state index >= 15 is 0 Å². The number of carbonyl (C=O) groups excluding carboxylic acids is 1.